The summed E-state index contributed by atoms with van der Waals surface area (Å²) in [5.74, 6) is -1.78. The van der Waals surface area contributed by atoms with Crippen molar-refractivity contribution in [2.45, 2.75) is 95.1 Å². The zero-order chi connectivity index (χ0) is 26.7. The average Bonchev–Trinajstić information content (AvgIpc) is 2.67. The molecule has 0 atom stereocenters. The van der Waals surface area contributed by atoms with Crippen molar-refractivity contribution in [2.75, 3.05) is 13.7 Å². The van der Waals surface area contributed by atoms with Gasteiger partial charge >= 0.3 is 17.9 Å². The van der Waals surface area contributed by atoms with Crippen LogP contribution in [0, 0.1) is 17.8 Å². The fourth-order valence-electron chi connectivity index (χ4n) is 1.63. The van der Waals surface area contributed by atoms with Crippen LogP contribution < -0.4 is 0 Å². The van der Waals surface area contributed by atoms with Gasteiger partial charge in [0.15, 0.2) is 0 Å². The zero-order valence-electron chi connectivity index (χ0n) is 21.8. The Hall–Kier alpha value is -2.58. The molecule has 0 saturated heterocycles. The molecule has 0 aliphatic heterocycles. The summed E-state index contributed by atoms with van der Waals surface area (Å²) in [5.41, 5.74) is 0. The molecule has 9 heteroatoms. The second kappa shape index (κ2) is 22.2. The molecule has 0 radical (unpaired) electrons. The van der Waals surface area contributed by atoms with E-state index in [2.05, 4.69) is 9.47 Å². The lowest BCUT2D eigenvalue weighted by atomic mass is 10.1. The summed E-state index contributed by atoms with van der Waals surface area (Å²) in [5, 5.41) is 0. The van der Waals surface area contributed by atoms with Crippen LogP contribution in [0.15, 0.2) is 0 Å². The number of ether oxygens (including phenoxy) is 3. The summed E-state index contributed by atoms with van der Waals surface area (Å²) in [7, 11) is 1.27. The van der Waals surface area contributed by atoms with E-state index in [0.29, 0.717) is 6.61 Å². The Morgan fingerprint density at radius 2 is 0.912 bits per heavy atom. The first-order valence-electron chi connectivity index (χ1n) is 11.1. The molecule has 0 aromatic heterocycles. The number of rotatable bonds is 11. The van der Waals surface area contributed by atoms with E-state index < -0.39 is 17.9 Å². The molecule has 34 heavy (non-hydrogen) atoms. The van der Waals surface area contributed by atoms with Crippen LogP contribution >= 0.6 is 0 Å². The highest BCUT2D eigenvalue weighted by Crippen LogP contribution is 2.02. The lowest BCUT2D eigenvalue weighted by molar-refractivity contribution is -0.150. The number of Topliss-reactive ketones (excluding diaryl/α,β-unsaturated/α-hetero) is 3. The minimum Gasteiger partial charge on any atom is -0.469 e. The topological polar surface area (TPSA) is 130 Å². The molecule has 0 spiro atoms. The molecule has 0 aromatic rings. The van der Waals surface area contributed by atoms with E-state index in [1.165, 1.54) is 7.11 Å². The maximum Gasteiger partial charge on any atom is 0.313 e. The molecule has 0 rings (SSSR count). The predicted molar refractivity (Wildman–Crippen MR) is 130 cm³/mol. The maximum absolute atomic E-state index is 11.0. The van der Waals surface area contributed by atoms with E-state index in [1.807, 2.05) is 0 Å². The second-order valence-corrected chi connectivity index (χ2v) is 8.31. The number of hydrogen-bond donors (Lipinski definition) is 0. The quantitative estimate of drug-likeness (QED) is 0.238. The highest BCUT2D eigenvalue weighted by atomic mass is 16.5. The smallest absolute Gasteiger partial charge is 0.313 e. The fourth-order valence-corrected chi connectivity index (χ4v) is 1.63. The van der Waals surface area contributed by atoms with Gasteiger partial charge < -0.3 is 14.2 Å². The van der Waals surface area contributed by atoms with Crippen LogP contribution in [0.5, 0.6) is 0 Å². The molecular formula is C25H46O9. The Morgan fingerprint density at radius 1 is 0.588 bits per heavy atom. The molecule has 9 nitrogen and oxygen atoms in total. The molecule has 0 heterocycles. The standard InChI is InChI=1S/C9H16O3.C8H14O3.C7H12O3.CH4/c1-6(2)8(10)5-9(11)12-7(3)4;1-4-11-8(10)5-7(9)6(2)3;1-5(2)6(8)4-7(9)10-3;/h6-7H,5H2,1-4H3;6H,4-5H2,1-3H3;5H,4H2,1-3H3;1H4. The largest absolute Gasteiger partial charge is 0.469 e. The lowest BCUT2D eigenvalue weighted by Gasteiger charge is -2.07. The first-order chi connectivity index (χ1) is 15.1. The van der Waals surface area contributed by atoms with Gasteiger partial charge in [0.25, 0.3) is 0 Å². The molecule has 0 unspecified atom stereocenters. The Balaban J connectivity index is -0.000000196. The molecule has 0 aliphatic carbocycles. The molecule has 200 valence electrons. The van der Waals surface area contributed by atoms with E-state index in [9.17, 15) is 28.8 Å². The summed E-state index contributed by atoms with van der Waals surface area (Å²) in [6.45, 7) is 16.2. The SMILES string of the molecule is C.CC(C)OC(=O)CC(=O)C(C)C.CCOC(=O)CC(=O)C(C)C.COC(=O)CC(=O)C(C)C. The normalized spacial score (nSPS) is 9.71. The number of carbonyl (C=O) groups is 6. The van der Waals surface area contributed by atoms with Crippen LogP contribution in [0.2, 0.25) is 0 Å². The molecule has 0 amide bonds. The highest BCUT2D eigenvalue weighted by molar-refractivity contribution is 5.97. The van der Waals surface area contributed by atoms with Crippen molar-refractivity contribution in [1.82, 2.24) is 0 Å². The van der Waals surface area contributed by atoms with E-state index in [4.69, 9.17) is 4.74 Å². The van der Waals surface area contributed by atoms with Gasteiger partial charge in [0.2, 0.25) is 0 Å². The molecule has 0 N–H and O–H groups in total. The second-order valence-electron chi connectivity index (χ2n) is 8.31. The van der Waals surface area contributed by atoms with Crippen LogP contribution in [-0.4, -0.2) is 55.1 Å². The van der Waals surface area contributed by atoms with Crippen molar-refractivity contribution in [3.63, 3.8) is 0 Å². The first kappa shape index (κ1) is 38.7. The summed E-state index contributed by atoms with van der Waals surface area (Å²) in [6.07, 6.45) is -0.437. The Bertz CT molecular complexity index is 632. The summed E-state index contributed by atoms with van der Waals surface area (Å²) >= 11 is 0. The fraction of sp³-hybridized carbons (Fsp3) is 0.760. The first-order valence-corrected chi connectivity index (χ1v) is 11.1. The number of esters is 3. The number of ketones is 3. The zero-order valence-corrected chi connectivity index (χ0v) is 21.8. The average molecular weight is 491 g/mol. The number of hydrogen-bond acceptors (Lipinski definition) is 9. The van der Waals surface area contributed by atoms with Crippen LogP contribution in [-0.2, 0) is 43.0 Å². The van der Waals surface area contributed by atoms with Gasteiger partial charge in [-0.05, 0) is 20.8 Å². The van der Waals surface area contributed by atoms with Gasteiger partial charge in [0.05, 0.1) is 19.8 Å². The van der Waals surface area contributed by atoms with Crippen LogP contribution in [0.3, 0.4) is 0 Å². The van der Waals surface area contributed by atoms with Gasteiger partial charge in [0, 0.05) is 17.8 Å². The lowest BCUT2D eigenvalue weighted by Crippen LogP contribution is -2.18. The predicted octanol–water partition coefficient (Wildman–Crippen LogP) is 4.13. The van der Waals surface area contributed by atoms with Crippen molar-refractivity contribution in [3.8, 4) is 0 Å². The van der Waals surface area contributed by atoms with Crippen molar-refractivity contribution in [2.24, 2.45) is 17.8 Å². The molecular weight excluding hydrogens is 444 g/mol. The van der Waals surface area contributed by atoms with Crippen molar-refractivity contribution in [1.29, 1.82) is 0 Å². The van der Waals surface area contributed by atoms with Crippen LogP contribution in [0.4, 0.5) is 0 Å². The van der Waals surface area contributed by atoms with Gasteiger partial charge in [-0.15, -0.1) is 0 Å². The minimum absolute atomic E-state index is 0. The summed E-state index contributed by atoms with van der Waals surface area (Å²) in [6, 6.07) is 0. The Labute approximate surface area is 205 Å². The minimum atomic E-state index is -0.460. The molecule has 0 fully saturated rings. The molecule has 0 aromatic carbocycles. The van der Waals surface area contributed by atoms with E-state index in [0.717, 1.165) is 0 Å². The molecule has 0 aliphatic rings. The van der Waals surface area contributed by atoms with E-state index in [1.54, 1.807) is 62.3 Å². The molecule has 0 bridgehead atoms. The third-order valence-electron chi connectivity index (χ3n) is 3.79. The monoisotopic (exact) mass is 490 g/mol. The Kier molecular flexibility index (Phi) is 25.3. The van der Waals surface area contributed by atoms with Gasteiger partial charge in [-0.2, -0.15) is 0 Å². The third-order valence-corrected chi connectivity index (χ3v) is 3.79. The molecule has 0 saturated carbocycles. The maximum atomic E-state index is 11.0. The third kappa shape index (κ3) is 25.7. The van der Waals surface area contributed by atoms with Crippen molar-refractivity contribution < 1.29 is 43.0 Å². The number of methoxy groups -OCH3 is 1. The Morgan fingerprint density at radius 3 is 1.18 bits per heavy atom. The van der Waals surface area contributed by atoms with Crippen molar-refractivity contribution in [3.05, 3.63) is 0 Å². The van der Waals surface area contributed by atoms with E-state index in [-0.39, 0.29) is 67.9 Å². The van der Waals surface area contributed by atoms with Crippen molar-refractivity contribution >= 4 is 35.3 Å². The number of carbonyl (C=O) groups excluding carboxylic acids is 6. The summed E-state index contributed by atoms with van der Waals surface area (Å²) in [4.78, 5) is 64.9. The highest BCUT2D eigenvalue weighted by Gasteiger charge is 2.15. The van der Waals surface area contributed by atoms with Gasteiger partial charge in [-0.3, -0.25) is 28.8 Å². The summed E-state index contributed by atoms with van der Waals surface area (Å²) < 4.78 is 13.7. The van der Waals surface area contributed by atoms with Gasteiger partial charge in [0.1, 0.15) is 36.6 Å². The van der Waals surface area contributed by atoms with Gasteiger partial charge in [-0.1, -0.05) is 49.0 Å². The van der Waals surface area contributed by atoms with Gasteiger partial charge in [-0.25, -0.2) is 0 Å². The van der Waals surface area contributed by atoms with Crippen LogP contribution in [0.1, 0.15) is 89.0 Å². The van der Waals surface area contributed by atoms with Crippen LogP contribution in [0.25, 0.3) is 0 Å². The van der Waals surface area contributed by atoms with E-state index >= 15 is 0 Å².